The third-order valence-electron chi connectivity index (χ3n) is 4.73. The van der Waals surface area contributed by atoms with E-state index in [4.69, 9.17) is 20.8 Å². The molecule has 5 nitrogen and oxygen atoms in total. The number of fused-ring (bicyclic) bond motifs is 2. The number of nitrogens with one attached hydrogen (secondary N) is 1. The predicted octanol–water partition coefficient (Wildman–Crippen LogP) is 6.62. The summed E-state index contributed by atoms with van der Waals surface area (Å²) in [5, 5.41) is 4.26. The summed E-state index contributed by atoms with van der Waals surface area (Å²) in [6.45, 7) is 0. The number of carbonyl (C=O) groups is 1. The van der Waals surface area contributed by atoms with Crippen molar-refractivity contribution in [1.29, 1.82) is 0 Å². The Kier molecular flexibility index (Phi) is 4.65. The van der Waals surface area contributed by atoms with Crippen molar-refractivity contribution in [2.75, 3.05) is 12.4 Å². The van der Waals surface area contributed by atoms with Gasteiger partial charge in [-0.1, -0.05) is 29.8 Å². The summed E-state index contributed by atoms with van der Waals surface area (Å²) in [5.74, 6) is 0.992. The predicted molar refractivity (Wildman–Crippen MR) is 121 cm³/mol. The second-order valence-electron chi connectivity index (χ2n) is 6.63. The first-order chi connectivity index (χ1) is 14.6. The van der Waals surface area contributed by atoms with Crippen LogP contribution < -0.4 is 10.1 Å². The van der Waals surface area contributed by atoms with Gasteiger partial charge in [0.05, 0.1) is 12.1 Å². The number of amides is 1. The topological polar surface area (TPSA) is 64.4 Å². The average Bonchev–Trinajstić information content (AvgIpc) is 3.35. The first kappa shape index (κ1) is 18.7. The molecule has 0 saturated heterocycles. The summed E-state index contributed by atoms with van der Waals surface area (Å²) in [6, 6.07) is 20.5. The van der Waals surface area contributed by atoms with E-state index in [0.29, 0.717) is 27.1 Å². The standard InChI is InChI=1S/C23H15ClN2O3S/c1-28-15-10-11-18-17(12-15)26-23(29-18)13-6-8-14(9-7-13)25-22(27)21-20(24)16-4-2-3-5-19(16)30-21/h2-12H,1H3,(H,25,27). The monoisotopic (exact) mass is 434 g/mol. The van der Waals surface area contributed by atoms with Crippen molar-refractivity contribution in [2.45, 2.75) is 0 Å². The average molecular weight is 435 g/mol. The number of thiophene rings is 1. The second kappa shape index (κ2) is 7.48. The summed E-state index contributed by atoms with van der Waals surface area (Å²) in [7, 11) is 1.61. The van der Waals surface area contributed by atoms with E-state index < -0.39 is 0 Å². The minimum Gasteiger partial charge on any atom is -0.497 e. The molecule has 7 heteroatoms. The van der Waals surface area contributed by atoms with Crippen LogP contribution in [0.1, 0.15) is 9.67 Å². The lowest BCUT2D eigenvalue weighted by Crippen LogP contribution is -2.10. The van der Waals surface area contributed by atoms with Crippen LogP contribution in [-0.4, -0.2) is 18.0 Å². The molecular formula is C23H15ClN2O3S. The maximum Gasteiger partial charge on any atom is 0.267 e. The van der Waals surface area contributed by atoms with Crippen LogP contribution in [-0.2, 0) is 0 Å². The van der Waals surface area contributed by atoms with Gasteiger partial charge in [-0.2, -0.15) is 0 Å². The Bertz CT molecular complexity index is 1390. The molecule has 0 spiro atoms. The van der Waals surface area contributed by atoms with Crippen LogP contribution >= 0.6 is 22.9 Å². The van der Waals surface area contributed by atoms with Crippen LogP contribution in [0.3, 0.4) is 0 Å². The molecule has 1 amide bonds. The minimum atomic E-state index is -0.233. The minimum absolute atomic E-state index is 0.233. The van der Waals surface area contributed by atoms with E-state index in [1.165, 1.54) is 11.3 Å². The van der Waals surface area contributed by atoms with Crippen LogP contribution in [0, 0.1) is 0 Å². The van der Waals surface area contributed by atoms with E-state index in [1.807, 2.05) is 66.7 Å². The highest BCUT2D eigenvalue weighted by Crippen LogP contribution is 2.35. The summed E-state index contributed by atoms with van der Waals surface area (Å²) < 4.78 is 12.0. The van der Waals surface area contributed by atoms with Crippen molar-refractivity contribution in [2.24, 2.45) is 0 Å². The molecule has 2 aromatic heterocycles. The largest absolute Gasteiger partial charge is 0.497 e. The molecule has 5 aromatic rings. The number of rotatable bonds is 4. The lowest BCUT2D eigenvalue weighted by atomic mass is 10.2. The zero-order chi connectivity index (χ0) is 20.7. The Labute approximate surface area is 180 Å². The lowest BCUT2D eigenvalue weighted by molar-refractivity contribution is 0.103. The molecular weight excluding hydrogens is 420 g/mol. The van der Waals surface area contributed by atoms with E-state index >= 15 is 0 Å². The number of benzene rings is 3. The van der Waals surface area contributed by atoms with Gasteiger partial charge in [0.1, 0.15) is 16.1 Å². The maximum atomic E-state index is 12.7. The highest BCUT2D eigenvalue weighted by molar-refractivity contribution is 7.21. The van der Waals surface area contributed by atoms with Crippen molar-refractivity contribution in [1.82, 2.24) is 4.98 Å². The SMILES string of the molecule is COc1ccc2oc(-c3ccc(NC(=O)c4sc5ccccc5c4Cl)cc3)nc2c1. The molecule has 0 saturated carbocycles. The fourth-order valence-corrected chi connectivity index (χ4v) is 4.61. The Hall–Kier alpha value is -3.35. The molecule has 0 bridgehead atoms. The van der Waals surface area contributed by atoms with Gasteiger partial charge in [0.2, 0.25) is 5.89 Å². The number of nitrogens with zero attached hydrogens (tertiary/aromatic N) is 1. The molecule has 0 unspecified atom stereocenters. The van der Waals surface area contributed by atoms with E-state index in [9.17, 15) is 4.79 Å². The van der Waals surface area contributed by atoms with Crippen LogP contribution in [0.5, 0.6) is 5.75 Å². The number of ether oxygens (including phenoxy) is 1. The molecule has 0 aliphatic rings. The molecule has 30 heavy (non-hydrogen) atoms. The van der Waals surface area contributed by atoms with Gasteiger partial charge < -0.3 is 14.5 Å². The Morgan fingerprint density at radius 1 is 1.10 bits per heavy atom. The zero-order valence-corrected chi connectivity index (χ0v) is 17.4. The first-order valence-electron chi connectivity index (χ1n) is 9.16. The Morgan fingerprint density at radius 2 is 1.90 bits per heavy atom. The number of carbonyl (C=O) groups excluding carboxylic acids is 1. The quantitative estimate of drug-likeness (QED) is 0.345. The fraction of sp³-hybridized carbons (Fsp3) is 0.0435. The summed E-state index contributed by atoms with van der Waals surface area (Å²) in [4.78, 5) is 17.7. The van der Waals surface area contributed by atoms with Gasteiger partial charge in [-0.25, -0.2) is 4.98 Å². The molecule has 0 radical (unpaired) electrons. The number of oxazole rings is 1. The number of hydrogen-bond acceptors (Lipinski definition) is 5. The number of anilines is 1. The van der Waals surface area contributed by atoms with Crippen molar-refractivity contribution >= 4 is 55.7 Å². The third-order valence-corrected chi connectivity index (χ3v) is 6.40. The molecule has 2 heterocycles. The van der Waals surface area contributed by atoms with E-state index in [1.54, 1.807) is 7.11 Å². The maximum absolute atomic E-state index is 12.7. The highest BCUT2D eigenvalue weighted by atomic mass is 35.5. The molecule has 148 valence electrons. The van der Waals surface area contributed by atoms with Crippen LogP contribution in [0.25, 0.3) is 32.6 Å². The van der Waals surface area contributed by atoms with Crippen LogP contribution in [0.15, 0.2) is 71.1 Å². The van der Waals surface area contributed by atoms with Crippen molar-refractivity contribution in [3.63, 3.8) is 0 Å². The van der Waals surface area contributed by atoms with E-state index in [0.717, 1.165) is 26.9 Å². The van der Waals surface area contributed by atoms with Gasteiger partial charge in [-0.15, -0.1) is 11.3 Å². The van der Waals surface area contributed by atoms with Gasteiger partial charge in [-0.3, -0.25) is 4.79 Å². The van der Waals surface area contributed by atoms with Gasteiger partial charge in [0.25, 0.3) is 5.91 Å². The zero-order valence-electron chi connectivity index (χ0n) is 15.8. The first-order valence-corrected chi connectivity index (χ1v) is 10.4. The molecule has 3 aromatic carbocycles. The van der Waals surface area contributed by atoms with Crippen LogP contribution in [0.4, 0.5) is 5.69 Å². The molecule has 0 aliphatic carbocycles. The third kappa shape index (κ3) is 3.30. The van der Waals surface area contributed by atoms with Gasteiger partial charge in [-0.05, 0) is 42.5 Å². The van der Waals surface area contributed by atoms with Gasteiger partial charge >= 0.3 is 0 Å². The lowest BCUT2D eigenvalue weighted by Gasteiger charge is -2.04. The van der Waals surface area contributed by atoms with Gasteiger partial charge in [0, 0.05) is 27.4 Å². The van der Waals surface area contributed by atoms with Crippen molar-refractivity contribution in [3.8, 4) is 17.2 Å². The molecule has 1 N–H and O–H groups in total. The fourth-order valence-electron chi connectivity index (χ4n) is 3.20. The number of methoxy groups -OCH3 is 1. The summed E-state index contributed by atoms with van der Waals surface area (Å²) >= 11 is 7.78. The molecule has 0 aliphatic heterocycles. The number of aromatic nitrogens is 1. The van der Waals surface area contributed by atoms with Crippen LogP contribution in [0.2, 0.25) is 5.02 Å². The van der Waals surface area contributed by atoms with Gasteiger partial charge in [0.15, 0.2) is 5.58 Å². The second-order valence-corrected chi connectivity index (χ2v) is 8.06. The molecule has 5 rings (SSSR count). The molecule has 0 fully saturated rings. The summed E-state index contributed by atoms with van der Waals surface area (Å²) in [5.41, 5.74) is 2.88. The van der Waals surface area contributed by atoms with E-state index in [-0.39, 0.29) is 5.91 Å². The number of hydrogen-bond donors (Lipinski definition) is 1. The number of halogens is 1. The normalized spacial score (nSPS) is 11.1. The Morgan fingerprint density at radius 3 is 2.67 bits per heavy atom. The Balaban J connectivity index is 1.38. The van der Waals surface area contributed by atoms with E-state index in [2.05, 4.69) is 10.3 Å². The molecule has 0 atom stereocenters. The van der Waals surface area contributed by atoms with Crippen molar-refractivity contribution < 1.29 is 13.9 Å². The smallest absolute Gasteiger partial charge is 0.267 e. The van der Waals surface area contributed by atoms with Crippen molar-refractivity contribution in [3.05, 3.63) is 76.6 Å². The highest BCUT2D eigenvalue weighted by Gasteiger charge is 2.17. The summed E-state index contributed by atoms with van der Waals surface area (Å²) in [6.07, 6.45) is 0.